The predicted molar refractivity (Wildman–Crippen MR) is 36.2 cm³/mol. The highest BCUT2D eigenvalue weighted by Gasteiger charge is 2.35. The maximum Gasteiger partial charge on any atom is 0.138 e. The number of nitrogens with one attached hydrogen (secondary N) is 1. The van der Waals surface area contributed by atoms with Crippen LogP contribution in [0.5, 0.6) is 0 Å². The molecule has 1 rings (SSSR count). The average molecular weight is 127 g/mol. The fourth-order valence-corrected chi connectivity index (χ4v) is 1.05. The van der Waals surface area contributed by atoms with Crippen LogP contribution in [-0.4, -0.2) is 18.4 Å². The zero-order chi connectivity index (χ0) is 6.85. The SMILES string of the molecule is CC(C)C[C@H]1N[C@@H]1C=O. The van der Waals surface area contributed by atoms with Crippen LogP contribution in [0.3, 0.4) is 0 Å². The van der Waals surface area contributed by atoms with Crippen LogP contribution >= 0.6 is 0 Å². The first-order chi connectivity index (χ1) is 4.24. The Kier molecular flexibility index (Phi) is 1.86. The summed E-state index contributed by atoms with van der Waals surface area (Å²) in [5.41, 5.74) is 0. The molecule has 0 aromatic rings. The molecule has 1 fully saturated rings. The molecule has 0 aromatic heterocycles. The highest BCUT2D eigenvalue weighted by atomic mass is 16.1. The van der Waals surface area contributed by atoms with Crippen LogP contribution in [-0.2, 0) is 4.79 Å². The van der Waals surface area contributed by atoms with Crippen LogP contribution in [0.15, 0.2) is 0 Å². The molecule has 52 valence electrons. The Labute approximate surface area is 55.6 Å². The quantitative estimate of drug-likeness (QED) is 0.444. The van der Waals surface area contributed by atoms with Crippen molar-refractivity contribution < 1.29 is 4.79 Å². The molecule has 0 radical (unpaired) electrons. The molecule has 0 unspecified atom stereocenters. The zero-order valence-corrected chi connectivity index (χ0v) is 5.92. The lowest BCUT2D eigenvalue weighted by Gasteiger charge is -1.98. The van der Waals surface area contributed by atoms with Gasteiger partial charge in [-0.2, -0.15) is 0 Å². The van der Waals surface area contributed by atoms with Gasteiger partial charge in [0.15, 0.2) is 0 Å². The molecule has 0 saturated carbocycles. The summed E-state index contributed by atoms with van der Waals surface area (Å²) in [7, 11) is 0. The zero-order valence-electron chi connectivity index (χ0n) is 5.92. The van der Waals surface area contributed by atoms with Crippen molar-refractivity contribution in [3.8, 4) is 0 Å². The summed E-state index contributed by atoms with van der Waals surface area (Å²) >= 11 is 0. The van der Waals surface area contributed by atoms with Crippen LogP contribution in [0.1, 0.15) is 20.3 Å². The first kappa shape index (κ1) is 6.75. The maximum atomic E-state index is 10.1. The van der Waals surface area contributed by atoms with Gasteiger partial charge in [0, 0.05) is 6.04 Å². The van der Waals surface area contributed by atoms with Crippen LogP contribution in [0.4, 0.5) is 0 Å². The van der Waals surface area contributed by atoms with Gasteiger partial charge in [0.25, 0.3) is 0 Å². The summed E-state index contributed by atoms with van der Waals surface area (Å²) in [5.74, 6) is 0.701. The molecule has 2 heteroatoms. The van der Waals surface area contributed by atoms with Crippen molar-refractivity contribution in [2.24, 2.45) is 5.92 Å². The van der Waals surface area contributed by atoms with Crippen LogP contribution in [0.25, 0.3) is 0 Å². The lowest BCUT2D eigenvalue weighted by atomic mass is 10.1. The number of carbonyl (C=O) groups is 1. The van der Waals surface area contributed by atoms with Crippen LogP contribution in [0, 0.1) is 5.92 Å². The Balaban J connectivity index is 2.12. The standard InChI is InChI=1S/C7H13NO/c1-5(2)3-6-7(4-9)8-6/h4-8H,3H2,1-2H3/t6-,7-/m1/s1. The smallest absolute Gasteiger partial charge is 0.138 e. The van der Waals surface area contributed by atoms with Crippen molar-refractivity contribution in [1.82, 2.24) is 5.32 Å². The van der Waals surface area contributed by atoms with E-state index >= 15 is 0 Å². The summed E-state index contributed by atoms with van der Waals surface area (Å²) in [4.78, 5) is 10.1. The maximum absolute atomic E-state index is 10.1. The van der Waals surface area contributed by atoms with E-state index in [1.807, 2.05) is 0 Å². The second kappa shape index (κ2) is 2.48. The van der Waals surface area contributed by atoms with E-state index < -0.39 is 0 Å². The highest BCUT2D eigenvalue weighted by Crippen LogP contribution is 2.17. The van der Waals surface area contributed by atoms with E-state index in [1.54, 1.807) is 0 Å². The minimum Gasteiger partial charge on any atom is -0.302 e. The number of hydrogen-bond acceptors (Lipinski definition) is 2. The Morgan fingerprint density at radius 1 is 1.67 bits per heavy atom. The molecule has 1 aliphatic rings. The normalized spacial score (nSPS) is 32.8. The van der Waals surface area contributed by atoms with Crippen molar-refractivity contribution in [2.45, 2.75) is 32.4 Å². The van der Waals surface area contributed by atoms with Gasteiger partial charge in [-0.3, -0.25) is 0 Å². The van der Waals surface area contributed by atoms with Crippen molar-refractivity contribution in [1.29, 1.82) is 0 Å². The molecule has 1 heterocycles. The molecule has 1 aliphatic heterocycles. The topological polar surface area (TPSA) is 39.0 Å². The fraction of sp³-hybridized carbons (Fsp3) is 0.857. The lowest BCUT2D eigenvalue weighted by Crippen LogP contribution is -1.99. The minimum atomic E-state index is 0.174. The molecule has 2 nitrogen and oxygen atoms in total. The minimum absolute atomic E-state index is 0.174. The van der Waals surface area contributed by atoms with E-state index in [4.69, 9.17) is 0 Å². The van der Waals surface area contributed by atoms with Crippen molar-refractivity contribution in [3.05, 3.63) is 0 Å². The lowest BCUT2D eigenvalue weighted by molar-refractivity contribution is -0.107. The molecular weight excluding hydrogens is 114 g/mol. The number of aldehydes is 1. The first-order valence-corrected chi connectivity index (χ1v) is 3.45. The third-order valence-corrected chi connectivity index (χ3v) is 1.60. The summed E-state index contributed by atoms with van der Waals surface area (Å²) in [6.45, 7) is 4.34. The van der Waals surface area contributed by atoms with Gasteiger partial charge in [0.1, 0.15) is 6.29 Å². The molecule has 0 aromatic carbocycles. The molecule has 1 saturated heterocycles. The predicted octanol–water partition coefficient (Wildman–Crippen LogP) is 0.572. The third kappa shape index (κ3) is 1.79. The summed E-state index contributed by atoms with van der Waals surface area (Å²) < 4.78 is 0. The monoisotopic (exact) mass is 127 g/mol. The molecule has 1 N–H and O–H groups in total. The van der Waals surface area contributed by atoms with Crippen molar-refractivity contribution >= 4 is 6.29 Å². The molecule has 0 spiro atoms. The summed E-state index contributed by atoms with van der Waals surface area (Å²) in [6.07, 6.45) is 2.12. The number of rotatable bonds is 3. The molecular formula is C7H13NO. The molecule has 9 heavy (non-hydrogen) atoms. The highest BCUT2D eigenvalue weighted by molar-refractivity contribution is 5.63. The van der Waals surface area contributed by atoms with E-state index in [9.17, 15) is 4.79 Å². The van der Waals surface area contributed by atoms with Gasteiger partial charge in [-0.05, 0) is 12.3 Å². The van der Waals surface area contributed by atoms with E-state index in [2.05, 4.69) is 19.2 Å². The fourth-order valence-electron chi connectivity index (χ4n) is 1.05. The van der Waals surface area contributed by atoms with Gasteiger partial charge < -0.3 is 10.1 Å². The van der Waals surface area contributed by atoms with Crippen molar-refractivity contribution in [3.63, 3.8) is 0 Å². The van der Waals surface area contributed by atoms with Gasteiger partial charge in [-0.25, -0.2) is 0 Å². The Hall–Kier alpha value is -0.370. The molecule has 0 bridgehead atoms. The number of hydrogen-bond donors (Lipinski definition) is 1. The van der Waals surface area contributed by atoms with Gasteiger partial charge in [0.05, 0.1) is 6.04 Å². The Morgan fingerprint density at radius 3 is 2.67 bits per heavy atom. The van der Waals surface area contributed by atoms with Crippen molar-refractivity contribution in [2.75, 3.05) is 0 Å². The largest absolute Gasteiger partial charge is 0.302 e. The van der Waals surface area contributed by atoms with E-state index in [0.29, 0.717) is 12.0 Å². The number of carbonyl (C=O) groups excluding carboxylic acids is 1. The van der Waals surface area contributed by atoms with Gasteiger partial charge >= 0.3 is 0 Å². The van der Waals surface area contributed by atoms with Gasteiger partial charge in [-0.1, -0.05) is 13.8 Å². The summed E-state index contributed by atoms with van der Waals surface area (Å²) in [6, 6.07) is 0.662. The van der Waals surface area contributed by atoms with Crippen LogP contribution in [0.2, 0.25) is 0 Å². The van der Waals surface area contributed by atoms with Gasteiger partial charge in [-0.15, -0.1) is 0 Å². The Bertz CT molecular complexity index is 111. The Morgan fingerprint density at radius 2 is 2.33 bits per heavy atom. The van der Waals surface area contributed by atoms with E-state index in [0.717, 1.165) is 12.7 Å². The molecule has 2 atom stereocenters. The average Bonchev–Trinajstić information content (AvgIpc) is 2.45. The van der Waals surface area contributed by atoms with E-state index in [-0.39, 0.29) is 6.04 Å². The molecule has 0 amide bonds. The first-order valence-electron chi connectivity index (χ1n) is 3.45. The van der Waals surface area contributed by atoms with Gasteiger partial charge in [0.2, 0.25) is 0 Å². The molecule has 0 aliphatic carbocycles. The second-order valence-corrected chi connectivity index (χ2v) is 3.06. The third-order valence-electron chi connectivity index (χ3n) is 1.60. The second-order valence-electron chi connectivity index (χ2n) is 3.06. The van der Waals surface area contributed by atoms with E-state index in [1.165, 1.54) is 0 Å². The van der Waals surface area contributed by atoms with Crippen LogP contribution < -0.4 is 5.32 Å². The summed E-state index contributed by atoms with van der Waals surface area (Å²) in [5, 5.41) is 3.08.